The van der Waals surface area contributed by atoms with Gasteiger partial charge in [-0.05, 0) is 57.4 Å². The molecule has 0 amide bonds. The molecule has 8 heteroatoms. The van der Waals surface area contributed by atoms with Crippen LogP contribution in [0.15, 0.2) is 17.4 Å². The number of aromatic nitrogens is 2. The number of piperidine rings is 1. The van der Waals surface area contributed by atoms with Gasteiger partial charge in [0.2, 0.25) is 0 Å². The first-order valence-corrected chi connectivity index (χ1v) is 11.0. The van der Waals surface area contributed by atoms with Gasteiger partial charge in [0.05, 0.1) is 25.0 Å². The predicted molar refractivity (Wildman–Crippen MR) is 127 cm³/mol. The van der Waals surface area contributed by atoms with Crippen LogP contribution in [-0.4, -0.2) is 72.2 Å². The van der Waals surface area contributed by atoms with Crippen LogP contribution in [0.4, 0.5) is 0 Å². The third kappa shape index (κ3) is 8.41. The van der Waals surface area contributed by atoms with E-state index in [-0.39, 0.29) is 24.0 Å². The number of hydrogen-bond donors (Lipinski definition) is 1. The maximum Gasteiger partial charge on any atom is 0.193 e. The molecule has 0 aromatic carbocycles. The van der Waals surface area contributed by atoms with Crippen LogP contribution in [0.2, 0.25) is 0 Å². The predicted octanol–water partition coefficient (Wildman–Crippen LogP) is 2.99. The highest BCUT2D eigenvalue weighted by molar-refractivity contribution is 14.0. The summed E-state index contributed by atoms with van der Waals surface area (Å²) in [6.45, 7) is 7.53. The molecule has 3 heterocycles. The molecule has 1 aromatic rings. The fourth-order valence-electron chi connectivity index (χ4n) is 3.91. The van der Waals surface area contributed by atoms with Crippen molar-refractivity contribution in [3.8, 4) is 0 Å². The molecule has 166 valence electrons. The van der Waals surface area contributed by atoms with Crippen LogP contribution in [0.1, 0.15) is 51.0 Å². The van der Waals surface area contributed by atoms with Gasteiger partial charge in [-0.15, -0.1) is 24.0 Å². The number of aliphatic imine (C=N–C) groups is 1. The SMILES string of the molecule is CCNC(=NCCCc1cnn(C)c1)N1CCC(OCC2CCCCO2)CC1.I. The van der Waals surface area contributed by atoms with E-state index in [4.69, 9.17) is 14.5 Å². The van der Waals surface area contributed by atoms with Gasteiger partial charge in [0, 0.05) is 46.0 Å². The average molecular weight is 519 g/mol. The fourth-order valence-corrected chi connectivity index (χ4v) is 3.91. The van der Waals surface area contributed by atoms with E-state index in [0.29, 0.717) is 12.2 Å². The van der Waals surface area contributed by atoms with E-state index in [1.54, 1.807) is 0 Å². The van der Waals surface area contributed by atoms with Gasteiger partial charge in [-0.2, -0.15) is 5.10 Å². The topological polar surface area (TPSA) is 63.9 Å². The Bertz CT molecular complexity index is 596. The largest absolute Gasteiger partial charge is 0.376 e. The summed E-state index contributed by atoms with van der Waals surface area (Å²) in [7, 11) is 1.96. The summed E-state index contributed by atoms with van der Waals surface area (Å²) in [5, 5.41) is 7.68. The molecule has 29 heavy (non-hydrogen) atoms. The van der Waals surface area contributed by atoms with Crippen molar-refractivity contribution in [1.29, 1.82) is 0 Å². The van der Waals surface area contributed by atoms with Gasteiger partial charge in [0.15, 0.2) is 5.96 Å². The van der Waals surface area contributed by atoms with E-state index in [9.17, 15) is 0 Å². The van der Waals surface area contributed by atoms with Crippen molar-refractivity contribution in [3.63, 3.8) is 0 Å². The zero-order valence-corrected chi connectivity index (χ0v) is 20.3. The summed E-state index contributed by atoms with van der Waals surface area (Å²) in [5.74, 6) is 1.04. The van der Waals surface area contributed by atoms with Crippen LogP contribution >= 0.6 is 24.0 Å². The lowest BCUT2D eigenvalue weighted by Crippen LogP contribution is -2.47. The molecule has 1 N–H and O–H groups in total. The number of hydrogen-bond acceptors (Lipinski definition) is 4. The Hall–Kier alpha value is -0.870. The molecule has 2 aliphatic rings. The highest BCUT2D eigenvalue weighted by Gasteiger charge is 2.23. The summed E-state index contributed by atoms with van der Waals surface area (Å²) >= 11 is 0. The summed E-state index contributed by atoms with van der Waals surface area (Å²) in [6.07, 6.45) is 12.5. The molecule has 0 saturated carbocycles. The summed E-state index contributed by atoms with van der Waals surface area (Å²) in [5.41, 5.74) is 1.28. The Kier molecular flexibility index (Phi) is 11.3. The standard InChI is InChI=1S/C21H37N5O2.HI/c1-3-22-21(23-11-6-7-18-15-24-25(2)16-18)26-12-9-19(10-13-26)28-17-20-8-4-5-14-27-20;/h15-16,19-20H,3-14,17H2,1-2H3,(H,22,23);1H. The van der Waals surface area contributed by atoms with Crippen molar-refractivity contribution in [2.45, 2.75) is 64.1 Å². The number of rotatable bonds is 8. The van der Waals surface area contributed by atoms with Gasteiger partial charge in [0.25, 0.3) is 0 Å². The van der Waals surface area contributed by atoms with E-state index in [2.05, 4.69) is 28.4 Å². The Morgan fingerprint density at radius 2 is 2.14 bits per heavy atom. The molecule has 3 rings (SSSR count). The molecule has 1 aromatic heterocycles. The molecule has 0 radical (unpaired) electrons. The summed E-state index contributed by atoms with van der Waals surface area (Å²) < 4.78 is 13.8. The minimum Gasteiger partial charge on any atom is -0.376 e. The van der Waals surface area contributed by atoms with Crippen molar-refractivity contribution in [2.24, 2.45) is 12.0 Å². The zero-order chi connectivity index (χ0) is 19.6. The van der Waals surface area contributed by atoms with Crippen LogP contribution in [-0.2, 0) is 22.9 Å². The molecule has 1 atom stereocenters. The maximum atomic E-state index is 6.14. The van der Waals surface area contributed by atoms with E-state index < -0.39 is 0 Å². The monoisotopic (exact) mass is 519 g/mol. The van der Waals surface area contributed by atoms with Gasteiger partial charge in [-0.3, -0.25) is 9.67 Å². The van der Waals surface area contributed by atoms with Crippen LogP contribution in [0.5, 0.6) is 0 Å². The van der Waals surface area contributed by atoms with Crippen LogP contribution < -0.4 is 5.32 Å². The van der Waals surface area contributed by atoms with Gasteiger partial charge in [-0.1, -0.05) is 0 Å². The Labute approximate surface area is 192 Å². The van der Waals surface area contributed by atoms with Crippen molar-refractivity contribution in [1.82, 2.24) is 20.0 Å². The van der Waals surface area contributed by atoms with Crippen LogP contribution in [0, 0.1) is 0 Å². The molecule has 1 unspecified atom stereocenters. The summed E-state index contributed by atoms with van der Waals surface area (Å²) in [6, 6.07) is 0. The second kappa shape index (κ2) is 13.4. The first kappa shape index (κ1) is 24.4. The third-order valence-electron chi connectivity index (χ3n) is 5.51. The second-order valence-electron chi connectivity index (χ2n) is 7.87. The van der Waals surface area contributed by atoms with Crippen molar-refractivity contribution in [3.05, 3.63) is 18.0 Å². The number of likely N-dealkylation sites (tertiary alicyclic amines) is 1. The number of aryl methyl sites for hydroxylation is 2. The van der Waals surface area contributed by atoms with Gasteiger partial charge in [-0.25, -0.2) is 0 Å². The molecule has 2 aliphatic heterocycles. The van der Waals surface area contributed by atoms with Crippen molar-refractivity contribution in [2.75, 3.05) is 39.4 Å². The smallest absolute Gasteiger partial charge is 0.193 e. The van der Waals surface area contributed by atoms with Crippen molar-refractivity contribution < 1.29 is 9.47 Å². The average Bonchev–Trinajstić information content (AvgIpc) is 3.15. The zero-order valence-electron chi connectivity index (χ0n) is 18.0. The van der Waals surface area contributed by atoms with E-state index in [1.165, 1.54) is 18.4 Å². The molecule has 7 nitrogen and oxygen atoms in total. The maximum absolute atomic E-state index is 6.14. The second-order valence-corrected chi connectivity index (χ2v) is 7.87. The lowest BCUT2D eigenvalue weighted by molar-refractivity contribution is -0.0721. The first-order chi connectivity index (χ1) is 13.7. The lowest BCUT2D eigenvalue weighted by Gasteiger charge is -2.35. The van der Waals surface area contributed by atoms with Crippen LogP contribution in [0.25, 0.3) is 0 Å². The first-order valence-electron chi connectivity index (χ1n) is 11.0. The molecule has 0 spiro atoms. The number of guanidine groups is 1. The minimum atomic E-state index is 0. The van der Waals surface area contributed by atoms with E-state index in [1.807, 2.05) is 17.9 Å². The quantitative estimate of drug-likeness (QED) is 0.248. The Morgan fingerprint density at radius 1 is 1.31 bits per heavy atom. The minimum absolute atomic E-state index is 0. The Balaban J connectivity index is 0.00000300. The molecule has 2 saturated heterocycles. The number of nitrogens with one attached hydrogen (secondary N) is 1. The van der Waals surface area contributed by atoms with Gasteiger partial charge < -0.3 is 19.7 Å². The third-order valence-corrected chi connectivity index (χ3v) is 5.51. The fraction of sp³-hybridized carbons (Fsp3) is 0.810. The van der Waals surface area contributed by atoms with Crippen LogP contribution in [0.3, 0.4) is 0 Å². The number of nitrogens with zero attached hydrogens (tertiary/aromatic N) is 4. The van der Waals surface area contributed by atoms with Gasteiger partial charge in [0.1, 0.15) is 0 Å². The molecule has 0 bridgehead atoms. The van der Waals surface area contributed by atoms with Gasteiger partial charge >= 0.3 is 0 Å². The molecule has 0 aliphatic carbocycles. The molecule has 2 fully saturated rings. The number of ether oxygens (including phenoxy) is 2. The highest BCUT2D eigenvalue weighted by Crippen LogP contribution is 2.18. The van der Waals surface area contributed by atoms with Crippen molar-refractivity contribution >= 4 is 29.9 Å². The molecular weight excluding hydrogens is 481 g/mol. The van der Waals surface area contributed by atoms with E-state index >= 15 is 0 Å². The number of halogens is 1. The highest BCUT2D eigenvalue weighted by atomic mass is 127. The lowest BCUT2D eigenvalue weighted by atomic mass is 10.1. The molecular formula is C21H38IN5O2. The Morgan fingerprint density at radius 3 is 2.79 bits per heavy atom. The normalized spacial score (nSPS) is 21.1. The summed E-state index contributed by atoms with van der Waals surface area (Å²) in [4.78, 5) is 7.23. The van der Waals surface area contributed by atoms with E-state index in [0.717, 1.165) is 77.5 Å².